The van der Waals surface area contributed by atoms with E-state index in [0.29, 0.717) is 29.3 Å². The van der Waals surface area contributed by atoms with Gasteiger partial charge < -0.3 is 9.47 Å². The molecule has 0 radical (unpaired) electrons. The van der Waals surface area contributed by atoms with Crippen LogP contribution in [0.5, 0.6) is 5.75 Å². The molecule has 5 heteroatoms. The van der Waals surface area contributed by atoms with Crippen molar-refractivity contribution in [1.29, 1.82) is 0 Å². The lowest BCUT2D eigenvalue weighted by Gasteiger charge is -2.15. The highest BCUT2D eigenvalue weighted by Crippen LogP contribution is 2.31. The summed E-state index contributed by atoms with van der Waals surface area (Å²) >= 11 is 0. The fourth-order valence-electron chi connectivity index (χ4n) is 2.50. The van der Waals surface area contributed by atoms with E-state index in [-0.39, 0.29) is 11.9 Å². The van der Waals surface area contributed by atoms with Gasteiger partial charge in [0, 0.05) is 30.1 Å². The van der Waals surface area contributed by atoms with Crippen molar-refractivity contribution in [3.8, 4) is 16.9 Å². The second kappa shape index (κ2) is 6.87. The zero-order valence-corrected chi connectivity index (χ0v) is 13.1. The summed E-state index contributed by atoms with van der Waals surface area (Å²) in [7, 11) is 0. The lowest BCUT2D eigenvalue weighted by molar-refractivity contribution is 0.0681. The lowest BCUT2D eigenvalue weighted by Crippen LogP contribution is -2.16. The Labute approximate surface area is 135 Å². The van der Waals surface area contributed by atoms with E-state index in [4.69, 9.17) is 9.47 Å². The molecule has 2 aromatic rings. The minimum absolute atomic E-state index is 0.106. The summed E-state index contributed by atoms with van der Waals surface area (Å²) in [5.41, 5.74) is 2.12. The number of halogens is 1. The molecule has 0 bridgehead atoms. The molecule has 0 amide bonds. The molecular weight excluding hydrogens is 295 g/mol. The largest absolute Gasteiger partial charge is 0.490 e. The van der Waals surface area contributed by atoms with E-state index in [2.05, 4.69) is 16.5 Å². The monoisotopic (exact) mass is 314 g/mol. The van der Waals surface area contributed by atoms with Gasteiger partial charge in [0.05, 0.1) is 6.10 Å². The van der Waals surface area contributed by atoms with E-state index >= 15 is 0 Å². The van der Waals surface area contributed by atoms with Crippen LogP contribution in [-0.2, 0) is 4.74 Å². The summed E-state index contributed by atoms with van der Waals surface area (Å²) in [5.74, 6) is 0.856. The van der Waals surface area contributed by atoms with Gasteiger partial charge in [-0.2, -0.15) is 0 Å². The van der Waals surface area contributed by atoms with Gasteiger partial charge >= 0.3 is 0 Å². The third-order valence-electron chi connectivity index (χ3n) is 3.73. The van der Waals surface area contributed by atoms with Crippen LogP contribution < -0.4 is 4.74 Å². The summed E-state index contributed by atoms with van der Waals surface area (Å²) in [6.45, 7) is 6.89. The maximum Gasteiger partial charge on any atom is 0.154 e. The summed E-state index contributed by atoms with van der Waals surface area (Å²) in [4.78, 5) is 8.50. The molecule has 1 aromatic heterocycles. The third kappa shape index (κ3) is 3.74. The first-order valence-electron chi connectivity index (χ1n) is 7.66. The summed E-state index contributed by atoms with van der Waals surface area (Å²) in [5, 5.41) is 0. The zero-order valence-electron chi connectivity index (χ0n) is 13.1. The van der Waals surface area contributed by atoms with Crippen LogP contribution in [-0.4, -0.2) is 29.3 Å². The Bertz CT molecular complexity index is 695. The molecule has 1 aliphatic rings. The average Bonchev–Trinajstić information content (AvgIpc) is 3.07. The molecule has 1 saturated heterocycles. The molecule has 4 nitrogen and oxygen atoms in total. The Morgan fingerprint density at radius 2 is 2.17 bits per heavy atom. The highest BCUT2D eigenvalue weighted by atomic mass is 19.1. The van der Waals surface area contributed by atoms with Crippen molar-refractivity contribution in [2.75, 3.05) is 13.2 Å². The summed E-state index contributed by atoms with van der Waals surface area (Å²) in [6, 6.07) is 4.45. The maximum atomic E-state index is 13.6. The zero-order chi connectivity index (χ0) is 16.2. The lowest BCUT2D eigenvalue weighted by atomic mass is 10.1. The van der Waals surface area contributed by atoms with Gasteiger partial charge in [-0.1, -0.05) is 6.58 Å². The fraction of sp³-hybridized carbons (Fsp3) is 0.333. The number of hydrogen-bond donors (Lipinski definition) is 0. The number of hydrogen-bond acceptors (Lipinski definition) is 4. The molecule has 1 atom stereocenters. The van der Waals surface area contributed by atoms with Crippen LogP contribution in [0.3, 0.4) is 0 Å². The van der Waals surface area contributed by atoms with Crippen molar-refractivity contribution in [2.45, 2.75) is 25.9 Å². The van der Waals surface area contributed by atoms with Gasteiger partial charge in [0.15, 0.2) is 5.82 Å². The average molecular weight is 314 g/mol. The first-order valence-corrected chi connectivity index (χ1v) is 7.66. The fourth-order valence-corrected chi connectivity index (χ4v) is 2.50. The van der Waals surface area contributed by atoms with Crippen molar-refractivity contribution in [1.82, 2.24) is 9.97 Å². The van der Waals surface area contributed by atoms with Crippen LogP contribution in [0, 0.1) is 5.82 Å². The van der Waals surface area contributed by atoms with Crippen LogP contribution in [0.25, 0.3) is 16.7 Å². The van der Waals surface area contributed by atoms with Crippen LogP contribution >= 0.6 is 0 Å². The molecule has 1 aliphatic heterocycles. The van der Waals surface area contributed by atoms with Crippen molar-refractivity contribution in [3.05, 3.63) is 48.8 Å². The predicted molar refractivity (Wildman–Crippen MR) is 86.6 cm³/mol. The van der Waals surface area contributed by atoms with Gasteiger partial charge in [-0.25, -0.2) is 14.4 Å². The molecule has 3 rings (SSSR count). The second-order valence-corrected chi connectivity index (χ2v) is 5.66. The molecule has 1 aromatic carbocycles. The molecule has 23 heavy (non-hydrogen) atoms. The van der Waals surface area contributed by atoms with Crippen molar-refractivity contribution < 1.29 is 13.9 Å². The van der Waals surface area contributed by atoms with Crippen LogP contribution in [0.2, 0.25) is 0 Å². The van der Waals surface area contributed by atoms with Crippen LogP contribution in [0.1, 0.15) is 25.6 Å². The predicted octanol–water partition coefficient (Wildman–Crippen LogP) is 3.87. The van der Waals surface area contributed by atoms with Crippen LogP contribution in [0.15, 0.2) is 37.2 Å². The highest BCUT2D eigenvalue weighted by molar-refractivity contribution is 5.69. The molecule has 120 valence electrons. The smallest absolute Gasteiger partial charge is 0.154 e. The second-order valence-electron chi connectivity index (χ2n) is 5.66. The van der Waals surface area contributed by atoms with Crippen LogP contribution in [0.4, 0.5) is 4.39 Å². The third-order valence-corrected chi connectivity index (χ3v) is 3.73. The topological polar surface area (TPSA) is 44.2 Å². The van der Waals surface area contributed by atoms with Crippen molar-refractivity contribution in [3.63, 3.8) is 0 Å². The van der Waals surface area contributed by atoms with E-state index in [0.717, 1.165) is 25.0 Å². The molecule has 0 N–H and O–H groups in total. The Morgan fingerprint density at radius 3 is 2.83 bits per heavy atom. The Morgan fingerprint density at radius 1 is 1.39 bits per heavy atom. The maximum absolute atomic E-state index is 13.6. The number of ether oxygens (including phenoxy) is 2. The standard InChI is InChI=1S/C18H19FN2O2/c1-12(2)18-20-9-13(10-21-18)16-8-14(19)5-6-17(16)23-11-15-4-3-7-22-15/h5-6,8-10,15H,1,3-4,7,11H2,2H3/t15-/m0/s1. The minimum atomic E-state index is -0.326. The van der Waals surface area contributed by atoms with Gasteiger partial charge in [0.2, 0.25) is 0 Å². The van der Waals surface area contributed by atoms with Crippen molar-refractivity contribution in [2.24, 2.45) is 0 Å². The molecule has 0 saturated carbocycles. The van der Waals surface area contributed by atoms with Gasteiger partial charge in [0.1, 0.15) is 18.2 Å². The summed E-state index contributed by atoms with van der Waals surface area (Å²) < 4.78 is 25.0. The highest BCUT2D eigenvalue weighted by Gasteiger charge is 2.17. The van der Waals surface area contributed by atoms with Crippen molar-refractivity contribution >= 4 is 5.57 Å². The quantitative estimate of drug-likeness (QED) is 0.840. The van der Waals surface area contributed by atoms with Gasteiger partial charge in [0.25, 0.3) is 0 Å². The molecule has 0 aliphatic carbocycles. The number of benzene rings is 1. The van der Waals surface area contributed by atoms with Gasteiger partial charge in [-0.05, 0) is 43.5 Å². The van der Waals surface area contributed by atoms with E-state index < -0.39 is 0 Å². The normalized spacial score (nSPS) is 17.2. The van der Waals surface area contributed by atoms with E-state index in [1.807, 2.05) is 6.92 Å². The molecule has 0 unspecified atom stereocenters. The molecule has 0 spiro atoms. The molecule has 2 heterocycles. The number of aromatic nitrogens is 2. The first-order chi connectivity index (χ1) is 11.1. The minimum Gasteiger partial charge on any atom is -0.490 e. The number of nitrogens with zero attached hydrogens (tertiary/aromatic N) is 2. The van der Waals surface area contributed by atoms with E-state index in [1.165, 1.54) is 12.1 Å². The Kier molecular flexibility index (Phi) is 4.67. The SMILES string of the molecule is C=C(C)c1ncc(-c2cc(F)ccc2OC[C@@H]2CCCO2)cn1. The van der Waals surface area contributed by atoms with E-state index in [9.17, 15) is 4.39 Å². The number of rotatable bonds is 5. The molecule has 1 fully saturated rings. The Hall–Kier alpha value is -2.27. The van der Waals surface area contributed by atoms with E-state index in [1.54, 1.807) is 18.5 Å². The summed E-state index contributed by atoms with van der Waals surface area (Å²) in [6.07, 6.45) is 5.47. The van der Waals surface area contributed by atoms with Gasteiger partial charge in [-0.15, -0.1) is 0 Å². The number of allylic oxidation sites excluding steroid dienone is 1. The first kappa shape index (κ1) is 15.6. The molecular formula is C18H19FN2O2. The van der Waals surface area contributed by atoms with Gasteiger partial charge in [-0.3, -0.25) is 0 Å². The Balaban J connectivity index is 1.84.